The molecule has 0 amide bonds. The van der Waals surface area contributed by atoms with Gasteiger partial charge in [-0.2, -0.15) is 13.2 Å². The van der Waals surface area contributed by atoms with Gasteiger partial charge in [0.05, 0.1) is 11.8 Å². The highest BCUT2D eigenvalue weighted by atomic mass is 19.4. The van der Waals surface area contributed by atoms with Crippen molar-refractivity contribution in [2.45, 2.75) is 38.0 Å². The first-order chi connectivity index (χ1) is 9.62. The van der Waals surface area contributed by atoms with E-state index in [2.05, 4.69) is 4.74 Å². The Morgan fingerprint density at radius 2 is 1.62 bits per heavy atom. The van der Waals surface area contributed by atoms with Crippen molar-refractivity contribution in [2.75, 3.05) is 0 Å². The van der Waals surface area contributed by atoms with Crippen LogP contribution in [0.5, 0.6) is 0 Å². The fraction of sp³-hybridized carbons (Fsp3) is 0.833. The number of fused-ring (bicyclic) bond motifs is 2. The SMILES string of the molecule is O=C(O)C1C2CCC(C2)C1C(=O)OC(C(F)F)C(F)(F)F. The van der Waals surface area contributed by atoms with Crippen molar-refractivity contribution in [2.24, 2.45) is 23.7 Å². The number of ether oxygens (including phenoxy) is 1. The molecular formula is C12H13F5O4. The molecule has 0 spiro atoms. The van der Waals surface area contributed by atoms with Gasteiger partial charge in [0.1, 0.15) is 0 Å². The van der Waals surface area contributed by atoms with Gasteiger partial charge in [-0.15, -0.1) is 0 Å². The van der Waals surface area contributed by atoms with Gasteiger partial charge in [0.15, 0.2) is 0 Å². The van der Waals surface area contributed by atoms with Gasteiger partial charge in [-0.3, -0.25) is 9.59 Å². The van der Waals surface area contributed by atoms with Crippen LogP contribution in [0.1, 0.15) is 19.3 Å². The zero-order valence-electron chi connectivity index (χ0n) is 10.6. The van der Waals surface area contributed by atoms with Crippen LogP contribution < -0.4 is 0 Å². The average Bonchev–Trinajstić information content (AvgIpc) is 2.93. The summed E-state index contributed by atoms with van der Waals surface area (Å²) in [6.07, 6.45) is -11.3. The number of aliphatic carboxylic acids is 1. The van der Waals surface area contributed by atoms with Crippen LogP contribution in [0.15, 0.2) is 0 Å². The van der Waals surface area contributed by atoms with E-state index in [1.54, 1.807) is 0 Å². The fourth-order valence-corrected chi connectivity index (χ4v) is 3.45. The summed E-state index contributed by atoms with van der Waals surface area (Å²) in [7, 11) is 0. The minimum atomic E-state index is -5.39. The quantitative estimate of drug-likeness (QED) is 0.639. The third-order valence-electron chi connectivity index (χ3n) is 4.27. The Kier molecular flexibility index (Phi) is 4.12. The summed E-state index contributed by atoms with van der Waals surface area (Å²) in [6, 6.07) is 0. The molecular weight excluding hydrogens is 303 g/mol. The summed E-state index contributed by atoms with van der Waals surface area (Å²) in [5, 5.41) is 9.08. The molecule has 2 aliphatic carbocycles. The molecule has 5 atom stereocenters. The van der Waals surface area contributed by atoms with Crippen LogP contribution in [0.25, 0.3) is 0 Å². The number of hydrogen-bond acceptors (Lipinski definition) is 3. The number of hydrogen-bond donors (Lipinski definition) is 1. The van der Waals surface area contributed by atoms with E-state index in [9.17, 15) is 31.5 Å². The number of carbonyl (C=O) groups excluding carboxylic acids is 1. The first kappa shape index (κ1) is 16.0. The van der Waals surface area contributed by atoms with Crippen LogP contribution in [0.3, 0.4) is 0 Å². The zero-order valence-corrected chi connectivity index (χ0v) is 10.6. The van der Waals surface area contributed by atoms with Crippen LogP contribution in [0.2, 0.25) is 0 Å². The van der Waals surface area contributed by atoms with Crippen molar-refractivity contribution in [1.29, 1.82) is 0 Å². The smallest absolute Gasteiger partial charge is 0.431 e. The van der Waals surface area contributed by atoms with Crippen molar-refractivity contribution in [3.8, 4) is 0 Å². The molecule has 120 valence electrons. The first-order valence-corrected chi connectivity index (χ1v) is 6.41. The van der Waals surface area contributed by atoms with Crippen molar-refractivity contribution < 1.29 is 41.4 Å². The largest absolute Gasteiger partial charge is 0.481 e. The molecule has 2 rings (SSSR count). The molecule has 2 saturated carbocycles. The molecule has 2 fully saturated rings. The van der Waals surface area contributed by atoms with Crippen LogP contribution >= 0.6 is 0 Å². The van der Waals surface area contributed by atoms with Crippen molar-refractivity contribution in [1.82, 2.24) is 0 Å². The van der Waals surface area contributed by atoms with Crippen LogP contribution in [-0.2, 0) is 14.3 Å². The maximum atomic E-state index is 12.4. The van der Waals surface area contributed by atoms with Gasteiger partial charge in [-0.25, -0.2) is 8.78 Å². The fourth-order valence-electron chi connectivity index (χ4n) is 3.45. The summed E-state index contributed by atoms with van der Waals surface area (Å²) in [6.45, 7) is 0. The maximum Gasteiger partial charge on any atom is 0.431 e. The van der Waals surface area contributed by atoms with Crippen molar-refractivity contribution >= 4 is 11.9 Å². The van der Waals surface area contributed by atoms with E-state index < -0.39 is 48.4 Å². The Morgan fingerprint density at radius 3 is 2.05 bits per heavy atom. The summed E-state index contributed by atoms with van der Waals surface area (Å²) < 4.78 is 65.8. The van der Waals surface area contributed by atoms with Crippen LogP contribution in [-0.4, -0.2) is 35.8 Å². The number of carboxylic acids is 1. The van der Waals surface area contributed by atoms with Gasteiger partial charge in [0.2, 0.25) is 0 Å². The number of carbonyl (C=O) groups is 2. The third-order valence-corrected chi connectivity index (χ3v) is 4.27. The minimum Gasteiger partial charge on any atom is -0.481 e. The highest BCUT2D eigenvalue weighted by molar-refractivity contribution is 5.83. The van der Waals surface area contributed by atoms with E-state index in [0.29, 0.717) is 19.3 Å². The lowest BCUT2D eigenvalue weighted by molar-refractivity contribution is -0.251. The number of alkyl halides is 5. The zero-order chi connectivity index (χ0) is 15.9. The topological polar surface area (TPSA) is 63.6 Å². The second-order valence-corrected chi connectivity index (χ2v) is 5.46. The second kappa shape index (κ2) is 5.42. The number of rotatable bonds is 4. The molecule has 0 radical (unpaired) electrons. The van der Waals surface area contributed by atoms with E-state index in [4.69, 9.17) is 5.11 Å². The normalized spacial score (nSPS) is 33.2. The Labute approximate surface area is 116 Å². The summed E-state index contributed by atoms with van der Waals surface area (Å²) in [4.78, 5) is 22.9. The van der Waals surface area contributed by atoms with E-state index in [1.165, 1.54) is 0 Å². The molecule has 0 aromatic heterocycles. The van der Waals surface area contributed by atoms with Crippen LogP contribution in [0, 0.1) is 23.7 Å². The molecule has 0 saturated heterocycles. The molecule has 0 aromatic carbocycles. The molecule has 5 unspecified atom stereocenters. The van der Waals surface area contributed by atoms with Crippen LogP contribution in [0.4, 0.5) is 22.0 Å². The lowest BCUT2D eigenvalue weighted by atomic mass is 9.79. The second-order valence-electron chi connectivity index (χ2n) is 5.46. The Bertz CT molecular complexity index is 436. The molecule has 2 aliphatic rings. The van der Waals surface area contributed by atoms with E-state index >= 15 is 0 Å². The molecule has 4 nitrogen and oxygen atoms in total. The van der Waals surface area contributed by atoms with E-state index in [-0.39, 0.29) is 5.92 Å². The number of halogens is 5. The summed E-state index contributed by atoms with van der Waals surface area (Å²) in [5.41, 5.74) is 0. The summed E-state index contributed by atoms with van der Waals surface area (Å²) in [5.74, 6) is -5.93. The molecule has 1 N–H and O–H groups in total. The molecule has 0 aliphatic heterocycles. The number of carboxylic acid groups (broad SMARTS) is 1. The van der Waals surface area contributed by atoms with Gasteiger partial charge in [0, 0.05) is 0 Å². The van der Waals surface area contributed by atoms with E-state index in [1.807, 2.05) is 0 Å². The maximum absolute atomic E-state index is 12.4. The Morgan fingerprint density at radius 1 is 1.10 bits per heavy atom. The number of esters is 1. The first-order valence-electron chi connectivity index (χ1n) is 6.41. The highest BCUT2D eigenvalue weighted by Crippen LogP contribution is 2.53. The lowest BCUT2D eigenvalue weighted by Crippen LogP contribution is -2.44. The summed E-state index contributed by atoms with van der Waals surface area (Å²) >= 11 is 0. The molecule has 9 heteroatoms. The molecule has 0 aromatic rings. The minimum absolute atomic E-state index is 0.305. The van der Waals surface area contributed by atoms with Gasteiger partial charge < -0.3 is 9.84 Å². The van der Waals surface area contributed by atoms with Gasteiger partial charge in [-0.1, -0.05) is 0 Å². The molecule has 21 heavy (non-hydrogen) atoms. The standard InChI is InChI=1S/C12H13F5O4/c13-9(14)8(12(15,16)17)21-11(20)7-5-2-1-4(3-5)6(7)10(18)19/h4-9H,1-3H2,(H,18,19). The highest BCUT2D eigenvalue weighted by Gasteiger charge is 2.57. The lowest BCUT2D eigenvalue weighted by Gasteiger charge is -2.28. The predicted octanol–water partition coefficient (Wildman–Crippen LogP) is 2.47. The third kappa shape index (κ3) is 2.96. The predicted molar refractivity (Wildman–Crippen MR) is 57.4 cm³/mol. The molecule has 0 heterocycles. The average molecular weight is 316 g/mol. The molecule has 2 bridgehead atoms. The van der Waals surface area contributed by atoms with Gasteiger partial charge in [-0.05, 0) is 31.1 Å². The van der Waals surface area contributed by atoms with Crippen molar-refractivity contribution in [3.63, 3.8) is 0 Å². The van der Waals surface area contributed by atoms with E-state index in [0.717, 1.165) is 0 Å². The Balaban J connectivity index is 2.14. The van der Waals surface area contributed by atoms with Crippen molar-refractivity contribution in [3.05, 3.63) is 0 Å². The monoisotopic (exact) mass is 316 g/mol. The Hall–Kier alpha value is -1.41. The van der Waals surface area contributed by atoms with Gasteiger partial charge >= 0.3 is 18.1 Å². The van der Waals surface area contributed by atoms with Gasteiger partial charge in [0.25, 0.3) is 12.5 Å².